The fraction of sp³-hybridized carbons (Fsp3) is 0.240. The molecule has 0 N–H and O–H groups in total. The van der Waals surface area contributed by atoms with Crippen LogP contribution in [0.4, 0.5) is 9.59 Å². The molecule has 1 aliphatic heterocycles. The Morgan fingerprint density at radius 3 is 2.47 bits per heavy atom. The van der Waals surface area contributed by atoms with Gasteiger partial charge in [-0.3, -0.25) is 9.36 Å². The van der Waals surface area contributed by atoms with Gasteiger partial charge in [-0.05, 0) is 38.5 Å². The van der Waals surface area contributed by atoms with Gasteiger partial charge in [0.15, 0.2) is 0 Å². The third kappa shape index (κ3) is 4.27. The van der Waals surface area contributed by atoms with Crippen LogP contribution in [0.5, 0.6) is 0 Å². The first-order chi connectivity index (χ1) is 15.2. The van der Waals surface area contributed by atoms with Crippen molar-refractivity contribution in [1.29, 1.82) is 0 Å². The van der Waals surface area contributed by atoms with Crippen molar-refractivity contribution in [2.45, 2.75) is 32.4 Å². The molecule has 0 bridgehead atoms. The third-order valence-electron chi connectivity index (χ3n) is 5.03. The highest BCUT2D eigenvalue weighted by molar-refractivity contribution is 6.04. The topological polar surface area (TPSA) is 77.8 Å². The van der Waals surface area contributed by atoms with Gasteiger partial charge in [-0.1, -0.05) is 48.5 Å². The zero-order valence-corrected chi connectivity index (χ0v) is 18.1. The van der Waals surface area contributed by atoms with E-state index in [0.29, 0.717) is 11.1 Å². The molecule has 2 aromatic carbocycles. The van der Waals surface area contributed by atoms with Crippen LogP contribution in [0.15, 0.2) is 66.9 Å². The van der Waals surface area contributed by atoms with Gasteiger partial charge in [-0.25, -0.2) is 14.5 Å². The zero-order valence-electron chi connectivity index (χ0n) is 18.1. The van der Waals surface area contributed by atoms with Crippen LogP contribution in [0.25, 0.3) is 17.0 Å². The monoisotopic (exact) mass is 432 g/mol. The second-order valence-electron chi connectivity index (χ2n) is 8.50. The van der Waals surface area contributed by atoms with E-state index in [1.54, 1.807) is 33.0 Å². The van der Waals surface area contributed by atoms with Gasteiger partial charge < -0.3 is 9.47 Å². The number of carbonyl (C=O) groups excluding carboxylic acids is 3. The molecular formula is C25H24N2O5. The van der Waals surface area contributed by atoms with Crippen LogP contribution in [0.1, 0.15) is 37.9 Å². The molecule has 0 saturated carbocycles. The molecular weight excluding hydrogens is 408 g/mol. The summed E-state index contributed by atoms with van der Waals surface area (Å²) in [6.45, 7) is 5.51. The number of amides is 2. The molecule has 2 amide bonds. The van der Waals surface area contributed by atoms with Crippen molar-refractivity contribution in [3.05, 3.63) is 78.0 Å². The maximum atomic E-state index is 12.9. The van der Waals surface area contributed by atoms with Gasteiger partial charge in [0.2, 0.25) is 0 Å². The van der Waals surface area contributed by atoms with E-state index in [1.165, 1.54) is 10.6 Å². The molecule has 0 radical (unpaired) electrons. The number of carbonyl (C=O) groups is 3. The van der Waals surface area contributed by atoms with E-state index in [9.17, 15) is 14.4 Å². The zero-order chi connectivity index (χ0) is 22.9. The van der Waals surface area contributed by atoms with Gasteiger partial charge in [0.25, 0.3) is 5.91 Å². The van der Waals surface area contributed by atoms with E-state index >= 15 is 0 Å². The van der Waals surface area contributed by atoms with Crippen LogP contribution in [-0.2, 0) is 14.3 Å². The van der Waals surface area contributed by atoms with E-state index < -0.39 is 29.7 Å². The van der Waals surface area contributed by atoms with Crippen molar-refractivity contribution in [2.24, 2.45) is 0 Å². The summed E-state index contributed by atoms with van der Waals surface area (Å²) in [4.78, 5) is 38.9. The second-order valence-corrected chi connectivity index (χ2v) is 8.50. The molecule has 7 nitrogen and oxygen atoms in total. The number of hydrogen-bond donors (Lipinski definition) is 0. The second kappa shape index (κ2) is 8.34. The number of fused-ring (bicyclic) bond motifs is 1. The molecule has 32 heavy (non-hydrogen) atoms. The van der Waals surface area contributed by atoms with Gasteiger partial charge in [0, 0.05) is 23.2 Å². The number of nitrogens with zero attached hydrogens (tertiary/aromatic N) is 2. The molecule has 7 heteroatoms. The van der Waals surface area contributed by atoms with Crippen LogP contribution in [-0.4, -0.2) is 39.8 Å². The molecule has 3 aromatic rings. The first-order valence-electron chi connectivity index (χ1n) is 10.3. The predicted molar refractivity (Wildman–Crippen MR) is 120 cm³/mol. The van der Waals surface area contributed by atoms with Crippen molar-refractivity contribution in [3.63, 3.8) is 0 Å². The summed E-state index contributed by atoms with van der Waals surface area (Å²) in [5.74, 6) is -0.490. The summed E-state index contributed by atoms with van der Waals surface area (Å²) in [6.07, 6.45) is 3.36. The highest BCUT2D eigenvalue weighted by Crippen LogP contribution is 2.29. The molecule has 1 aromatic heterocycles. The summed E-state index contributed by atoms with van der Waals surface area (Å²) in [6, 6.07) is 16.1. The minimum Gasteiger partial charge on any atom is -0.446 e. The quantitative estimate of drug-likeness (QED) is 0.535. The van der Waals surface area contributed by atoms with Crippen molar-refractivity contribution in [1.82, 2.24) is 9.47 Å². The summed E-state index contributed by atoms with van der Waals surface area (Å²) in [7, 11) is 0. The Labute approximate surface area is 185 Å². The molecule has 1 aliphatic rings. The van der Waals surface area contributed by atoms with Gasteiger partial charge in [0.05, 0.1) is 5.52 Å². The molecule has 2 heterocycles. The molecule has 0 spiro atoms. The number of hydrogen-bond acceptors (Lipinski definition) is 5. The predicted octanol–water partition coefficient (Wildman–Crippen LogP) is 5.16. The highest BCUT2D eigenvalue weighted by atomic mass is 16.6. The number of benzene rings is 2. The highest BCUT2D eigenvalue weighted by Gasteiger charge is 2.37. The SMILES string of the molecule is CC(C)(C)OC(=O)n1cc(C=CC(=O)N2C(=O)OC[C@H]2c2ccccc2)c2ccccc21. The fourth-order valence-electron chi connectivity index (χ4n) is 3.63. The van der Waals surface area contributed by atoms with Crippen LogP contribution in [0.3, 0.4) is 0 Å². The Balaban J connectivity index is 1.63. The van der Waals surface area contributed by atoms with Crippen LogP contribution in [0, 0.1) is 0 Å². The maximum Gasteiger partial charge on any atom is 0.419 e. The summed E-state index contributed by atoms with van der Waals surface area (Å²) in [5.41, 5.74) is 1.50. The van der Waals surface area contributed by atoms with E-state index in [2.05, 4.69) is 0 Å². The lowest BCUT2D eigenvalue weighted by atomic mass is 10.1. The summed E-state index contributed by atoms with van der Waals surface area (Å²) < 4.78 is 12.0. The summed E-state index contributed by atoms with van der Waals surface area (Å²) in [5, 5.41) is 0.783. The van der Waals surface area contributed by atoms with Crippen molar-refractivity contribution in [3.8, 4) is 0 Å². The van der Waals surface area contributed by atoms with Crippen LogP contribution < -0.4 is 0 Å². The molecule has 0 aliphatic carbocycles. The minimum absolute atomic E-state index is 0.111. The number of ether oxygens (including phenoxy) is 2. The molecule has 1 fully saturated rings. The Morgan fingerprint density at radius 2 is 1.75 bits per heavy atom. The van der Waals surface area contributed by atoms with Gasteiger partial charge >= 0.3 is 12.2 Å². The third-order valence-corrected chi connectivity index (χ3v) is 5.03. The number of rotatable bonds is 3. The molecule has 164 valence electrons. The number of cyclic esters (lactones) is 1. The van der Waals surface area contributed by atoms with E-state index in [0.717, 1.165) is 15.8 Å². The summed E-state index contributed by atoms with van der Waals surface area (Å²) >= 11 is 0. The normalized spacial score (nSPS) is 16.5. The van der Waals surface area contributed by atoms with E-state index in [4.69, 9.17) is 9.47 Å². The van der Waals surface area contributed by atoms with E-state index in [-0.39, 0.29) is 6.61 Å². The molecule has 0 unspecified atom stereocenters. The number of para-hydroxylation sites is 1. The lowest BCUT2D eigenvalue weighted by Gasteiger charge is -2.19. The Morgan fingerprint density at radius 1 is 1.06 bits per heavy atom. The smallest absolute Gasteiger partial charge is 0.419 e. The Bertz CT molecular complexity index is 1200. The standard InChI is InChI=1S/C25H24N2O5/c1-25(2,3)32-23(29)26-15-18(19-11-7-8-12-20(19)26)13-14-22(28)27-21(16-31-24(27)30)17-9-5-4-6-10-17/h4-15,21H,16H2,1-3H3/t21-/m0/s1. The number of aromatic nitrogens is 1. The van der Waals surface area contributed by atoms with Crippen LogP contribution >= 0.6 is 0 Å². The molecule has 4 rings (SSSR count). The first kappa shape index (κ1) is 21.4. The maximum absolute atomic E-state index is 12.9. The lowest BCUT2D eigenvalue weighted by molar-refractivity contribution is -0.124. The Kier molecular flexibility index (Phi) is 5.57. The van der Waals surface area contributed by atoms with Crippen LogP contribution in [0.2, 0.25) is 0 Å². The van der Waals surface area contributed by atoms with Crippen molar-refractivity contribution < 1.29 is 23.9 Å². The lowest BCUT2D eigenvalue weighted by Crippen LogP contribution is -2.32. The number of imide groups is 1. The molecule has 1 atom stereocenters. The average molecular weight is 432 g/mol. The largest absolute Gasteiger partial charge is 0.446 e. The first-order valence-corrected chi connectivity index (χ1v) is 10.3. The minimum atomic E-state index is -0.676. The van der Waals surface area contributed by atoms with E-state index in [1.807, 2.05) is 54.6 Å². The van der Waals surface area contributed by atoms with Crippen molar-refractivity contribution >= 4 is 35.1 Å². The van der Waals surface area contributed by atoms with Crippen molar-refractivity contribution in [2.75, 3.05) is 6.61 Å². The Hall–Kier alpha value is -3.87. The van der Waals surface area contributed by atoms with Gasteiger partial charge in [0.1, 0.15) is 18.2 Å². The molecule has 1 saturated heterocycles. The fourth-order valence-corrected chi connectivity index (χ4v) is 3.63. The van der Waals surface area contributed by atoms with Gasteiger partial charge in [-0.15, -0.1) is 0 Å². The van der Waals surface area contributed by atoms with Gasteiger partial charge in [-0.2, -0.15) is 0 Å². The average Bonchev–Trinajstić information content (AvgIpc) is 3.32.